The molecule has 1 N–H and O–H groups in total. The zero-order valence-electron chi connectivity index (χ0n) is 24.2. The Kier molecular flexibility index (Phi) is 8.01. The van der Waals surface area contributed by atoms with Crippen molar-refractivity contribution in [3.05, 3.63) is 131 Å². The molecule has 0 spiro atoms. The van der Waals surface area contributed by atoms with Crippen molar-refractivity contribution >= 4 is 22.7 Å². The molecular weight excluding hydrogens is 560 g/mol. The van der Waals surface area contributed by atoms with Gasteiger partial charge in [0.15, 0.2) is 34.4 Å². The van der Waals surface area contributed by atoms with E-state index in [1.54, 1.807) is 60.9 Å². The van der Waals surface area contributed by atoms with Gasteiger partial charge >= 0.3 is 0 Å². The molecule has 9 nitrogen and oxygen atoms in total. The van der Waals surface area contributed by atoms with Crippen LogP contribution < -0.4 is 14.2 Å². The minimum Gasteiger partial charge on any atom is -0.503 e. The van der Waals surface area contributed by atoms with Crippen molar-refractivity contribution in [1.29, 1.82) is 0 Å². The zero-order valence-corrected chi connectivity index (χ0v) is 24.2. The summed E-state index contributed by atoms with van der Waals surface area (Å²) in [4.78, 5) is 33.3. The number of carbonyl (C=O) groups excluding carboxylic acids is 2. The van der Waals surface area contributed by atoms with E-state index >= 15 is 0 Å². The number of ketones is 1. The van der Waals surface area contributed by atoms with E-state index in [0.717, 1.165) is 11.1 Å². The molecule has 0 fully saturated rings. The number of furan rings is 1. The molecule has 0 saturated heterocycles. The van der Waals surface area contributed by atoms with Crippen molar-refractivity contribution in [1.82, 2.24) is 9.88 Å². The lowest BCUT2D eigenvalue weighted by Crippen LogP contribution is -2.30. The largest absolute Gasteiger partial charge is 0.503 e. The molecule has 1 aliphatic rings. The number of methoxy groups -OCH3 is 1. The first-order chi connectivity index (χ1) is 21.5. The Bertz CT molecular complexity index is 1850. The summed E-state index contributed by atoms with van der Waals surface area (Å²) in [7, 11) is 1.51. The highest BCUT2D eigenvalue weighted by Gasteiger charge is 2.45. The summed E-state index contributed by atoms with van der Waals surface area (Å²) in [5.74, 6) is -0.550. The van der Waals surface area contributed by atoms with Crippen LogP contribution in [0.3, 0.4) is 0 Å². The van der Waals surface area contributed by atoms with Gasteiger partial charge in [-0.1, -0.05) is 54.6 Å². The van der Waals surface area contributed by atoms with Crippen LogP contribution in [0.25, 0.3) is 11.0 Å². The predicted molar refractivity (Wildman–Crippen MR) is 163 cm³/mol. The number of rotatable bonds is 11. The van der Waals surface area contributed by atoms with Gasteiger partial charge in [0.1, 0.15) is 6.61 Å². The highest BCUT2D eigenvalue weighted by Crippen LogP contribution is 2.43. The van der Waals surface area contributed by atoms with Gasteiger partial charge in [0.05, 0.1) is 25.3 Å². The number of Topliss-reactive ketones (excluding diaryl/α,β-unsaturated/α-hetero) is 1. The SMILES string of the molecule is CCOc1cc(C2C(C(=O)c3cc4cccc(OC)c4o3)=C(O)C(=O)N2Cc2cccnc2)ccc1OCc1ccccc1. The fraction of sp³-hybridized carbons (Fsp3) is 0.171. The second kappa shape index (κ2) is 12.3. The molecule has 0 saturated carbocycles. The van der Waals surface area contributed by atoms with E-state index < -0.39 is 23.5 Å². The van der Waals surface area contributed by atoms with Gasteiger partial charge in [-0.25, -0.2) is 0 Å². The maximum Gasteiger partial charge on any atom is 0.290 e. The first-order valence-corrected chi connectivity index (χ1v) is 14.2. The molecule has 5 aromatic rings. The fourth-order valence-electron chi connectivity index (χ4n) is 5.34. The summed E-state index contributed by atoms with van der Waals surface area (Å²) in [6.45, 7) is 2.65. The first kappa shape index (κ1) is 28.5. The molecule has 0 aliphatic carbocycles. The van der Waals surface area contributed by atoms with Crippen LogP contribution in [0, 0.1) is 0 Å². The summed E-state index contributed by atoms with van der Waals surface area (Å²) in [5, 5.41) is 11.9. The third-order valence-corrected chi connectivity index (χ3v) is 7.40. The summed E-state index contributed by atoms with van der Waals surface area (Å²) < 4.78 is 23.4. The monoisotopic (exact) mass is 590 g/mol. The van der Waals surface area contributed by atoms with Crippen molar-refractivity contribution in [2.75, 3.05) is 13.7 Å². The number of nitrogens with zero attached hydrogens (tertiary/aromatic N) is 2. The molecule has 1 atom stereocenters. The predicted octanol–water partition coefficient (Wildman–Crippen LogP) is 6.59. The van der Waals surface area contributed by atoms with Gasteiger partial charge in [-0.2, -0.15) is 0 Å². The minimum absolute atomic E-state index is 0.0278. The van der Waals surface area contributed by atoms with E-state index in [9.17, 15) is 14.7 Å². The number of hydrogen-bond donors (Lipinski definition) is 1. The van der Waals surface area contributed by atoms with Crippen LogP contribution in [0.2, 0.25) is 0 Å². The van der Waals surface area contributed by atoms with E-state index in [4.69, 9.17) is 18.6 Å². The Hall–Kier alpha value is -5.57. The number of para-hydroxylation sites is 1. The number of ether oxygens (including phenoxy) is 3. The second-order valence-electron chi connectivity index (χ2n) is 10.2. The summed E-state index contributed by atoms with van der Waals surface area (Å²) in [6.07, 6.45) is 3.27. The third kappa shape index (κ3) is 5.47. The second-order valence-corrected chi connectivity index (χ2v) is 10.2. The highest BCUT2D eigenvalue weighted by molar-refractivity contribution is 6.16. The number of aromatic nitrogens is 1. The molecule has 6 rings (SSSR count). The maximum absolute atomic E-state index is 14.1. The number of aliphatic hydroxyl groups is 1. The minimum atomic E-state index is -0.951. The molecule has 1 unspecified atom stereocenters. The average molecular weight is 591 g/mol. The van der Waals surface area contributed by atoms with E-state index in [2.05, 4.69) is 4.98 Å². The number of carbonyl (C=O) groups is 2. The quantitative estimate of drug-likeness (QED) is 0.172. The van der Waals surface area contributed by atoms with E-state index in [1.165, 1.54) is 12.0 Å². The number of fused-ring (bicyclic) bond motifs is 1. The van der Waals surface area contributed by atoms with Gasteiger partial charge in [-0.15, -0.1) is 0 Å². The summed E-state index contributed by atoms with van der Waals surface area (Å²) >= 11 is 0. The molecule has 1 amide bonds. The topological polar surface area (TPSA) is 111 Å². The van der Waals surface area contributed by atoms with E-state index in [0.29, 0.717) is 47.0 Å². The van der Waals surface area contributed by atoms with Crippen LogP contribution in [0.1, 0.15) is 40.2 Å². The van der Waals surface area contributed by atoms with Crippen LogP contribution >= 0.6 is 0 Å². The highest BCUT2D eigenvalue weighted by atomic mass is 16.5. The number of amides is 1. The van der Waals surface area contributed by atoms with Crippen LogP contribution in [-0.2, 0) is 17.9 Å². The lowest BCUT2D eigenvalue weighted by molar-refractivity contribution is -0.130. The Morgan fingerprint density at radius 2 is 1.75 bits per heavy atom. The van der Waals surface area contributed by atoms with Crippen molar-refractivity contribution in [2.45, 2.75) is 26.1 Å². The smallest absolute Gasteiger partial charge is 0.290 e. The molecular formula is C35H30N2O7. The molecule has 0 bridgehead atoms. The molecule has 3 aromatic carbocycles. The lowest BCUT2D eigenvalue weighted by Gasteiger charge is -2.27. The number of benzene rings is 3. The van der Waals surface area contributed by atoms with Gasteiger partial charge < -0.3 is 28.6 Å². The standard InChI is InChI=1S/C35H30N2O7/c1-3-42-28-17-24(14-15-26(28)43-21-22-9-5-4-6-10-22)31-30(33(39)35(40)37(31)20-23-11-8-16-36-19-23)32(38)29-18-25-12-7-13-27(41-2)34(25)44-29/h4-19,31,39H,3,20-21H2,1-2H3. The molecule has 1 aliphatic heterocycles. The molecule has 44 heavy (non-hydrogen) atoms. The van der Waals surface area contributed by atoms with Crippen LogP contribution in [0.5, 0.6) is 17.2 Å². The fourth-order valence-corrected chi connectivity index (χ4v) is 5.34. The normalized spacial score (nSPS) is 14.7. The Labute approximate surface area is 253 Å². The van der Waals surface area contributed by atoms with Crippen LogP contribution in [-0.4, -0.2) is 40.4 Å². The van der Waals surface area contributed by atoms with Crippen LogP contribution in [0.15, 0.2) is 113 Å². The summed E-state index contributed by atoms with van der Waals surface area (Å²) in [5.41, 5.74) is 2.57. The molecule has 222 valence electrons. The van der Waals surface area contributed by atoms with Gasteiger partial charge in [-0.05, 0) is 53.9 Å². The van der Waals surface area contributed by atoms with E-state index in [1.807, 2.05) is 43.3 Å². The number of hydrogen-bond acceptors (Lipinski definition) is 8. The van der Waals surface area contributed by atoms with Gasteiger partial charge in [0.2, 0.25) is 5.78 Å². The van der Waals surface area contributed by atoms with Crippen molar-refractivity contribution in [3.8, 4) is 17.2 Å². The Morgan fingerprint density at radius 1 is 0.932 bits per heavy atom. The van der Waals surface area contributed by atoms with Crippen molar-refractivity contribution in [3.63, 3.8) is 0 Å². The maximum atomic E-state index is 14.1. The zero-order chi connectivity index (χ0) is 30.6. The van der Waals surface area contributed by atoms with Crippen molar-refractivity contribution in [2.24, 2.45) is 0 Å². The molecule has 2 aromatic heterocycles. The van der Waals surface area contributed by atoms with Gasteiger partial charge in [0.25, 0.3) is 5.91 Å². The molecule has 9 heteroatoms. The summed E-state index contributed by atoms with van der Waals surface area (Å²) in [6, 6.07) is 24.5. The van der Waals surface area contributed by atoms with Crippen molar-refractivity contribution < 1.29 is 33.3 Å². The van der Waals surface area contributed by atoms with E-state index in [-0.39, 0.29) is 17.9 Å². The number of pyridine rings is 1. The van der Waals surface area contributed by atoms with Gasteiger partial charge in [0, 0.05) is 24.3 Å². The first-order valence-electron chi connectivity index (χ1n) is 14.2. The third-order valence-electron chi connectivity index (χ3n) is 7.40. The average Bonchev–Trinajstić information content (AvgIpc) is 3.60. The molecule has 0 radical (unpaired) electrons. The van der Waals surface area contributed by atoms with Crippen LogP contribution in [0.4, 0.5) is 0 Å². The van der Waals surface area contributed by atoms with Gasteiger partial charge in [-0.3, -0.25) is 14.6 Å². The Balaban J connectivity index is 1.41. The number of aliphatic hydroxyl groups excluding tert-OH is 1. The lowest BCUT2D eigenvalue weighted by atomic mass is 9.94. The Morgan fingerprint density at radius 3 is 2.50 bits per heavy atom. The molecule has 3 heterocycles.